The summed E-state index contributed by atoms with van der Waals surface area (Å²) >= 11 is 10.2. The van der Waals surface area contributed by atoms with E-state index in [1.165, 1.54) is 0 Å². The van der Waals surface area contributed by atoms with Crippen molar-refractivity contribution in [3.8, 4) is 0 Å². The highest BCUT2D eigenvalue weighted by molar-refractivity contribution is 6.28. The summed E-state index contributed by atoms with van der Waals surface area (Å²) in [5.41, 5.74) is 0. The van der Waals surface area contributed by atoms with Crippen molar-refractivity contribution in [2.24, 2.45) is 0 Å². The van der Waals surface area contributed by atoms with Crippen molar-refractivity contribution < 1.29 is 25.1 Å². The highest BCUT2D eigenvalue weighted by Gasteiger charge is 2.26. The lowest BCUT2D eigenvalue weighted by Gasteiger charge is -1.99. The average Bonchev–Trinajstić information content (AvgIpc) is 1.97. The molecular weight excluding hydrogens is 229 g/mol. The van der Waals surface area contributed by atoms with Gasteiger partial charge in [-0.15, -0.1) is 0 Å². The predicted molar refractivity (Wildman–Crippen MR) is 40.6 cm³/mol. The summed E-state index contributed by atoms with van der Waals surface area (Å²) in [5.74, 6) is 0. The topological polar surface area (TPSA) is 144 Å². The Hall–Kier alpha value is -1.09. The molecule has 0 unspecified atom stereocenters. The van der Waals surface area contributed by atoms with Crippen LogP contribution in [0.4, 0.5) is 0 Å². The fourth-order valence-electron chi connectivity index (χ4n) is 0.446. The first kappa shape index (κ1) is 14.4. The van der Waals surface area contributed by atoms with Crippen LogP contribution in [0.3, 0.4) is 0 Å². The molecule has 0 amide bonds. The lowest BCUT2D eigenvalue weighted by molar-refractivity contribution is -0.862. The third-order valence-corrected chi connectivity index (χ3v) is 1.55. The third-order valence-electron chi connectivity index (χ3n) is 0.909. The van der Waals surface area contributed by atoms with E-state index >= 15 is 0 Å². The van der Waals surface area contributed by atoms with Gasteiger partial charge in [-0.2, -0.15) is 0 Å². The molecule has 0 aliphatic rings. The normalized spacial score (nSPS) is 8.46. The Morgan fingerprint density at radius 2 is 1.23 bits per heavy atom. The van der Waals surface area contributed by atoms with E-state index in [1.807, 2.05) is 0 Å². The van der Waals surface area contributed by atoms with E-state index < -0.39 is 10.6 Å². The fourth-order valence-corrected chi connectivity index (χ4v) is 0.736. The van der Waals surface area contributed by atoms with Crippen LogP contribution in [0.15, 0.2) is 6.33 Å². The van der Waals surface area contributed by atoms with E-state index in [2.05, 4.69) is 0 Å². The molecule has 0 atom stereocenters. The molecule has 0 saturated heterocycles. The molecule has 1 heterocycles. The summed E-state index contributed by atoms with van der Waals surface area (Å²) in [4.78, 5) is 0. The summed E-state index contributed by atoms with van der Waals surface area (Å²) in [6.07, 6.45) is 0.499. The van der Waals surface area contributed by atoms with E-state index in [4.69, 9.17) is 23.2 Å². The van der Waals surface area contributed by atoms with E-state index in [0.29, 0.717) is 6.33 Å². The lowest BCUT2D eigenvalue weighted by atomic mass is 11.0. The third kappa shape index (κ3) is 2.42. The van der Waals surface area contributed by atoms with Crippen molar-refractivity contribution in [2.75, 3.05) is 0 Å². The summed E-state index contributed by atoms with van der Waals surface area (Å²) in [5, 5.41) is 30.2. The van der Waals surface area contributed by atoms with Crippen molar-refractivity contribution >= 4 is 23.2 Å². The van der Waals surface area contributed by atoms with Crippen molar-refractivity contribution in [3.05, 3.63) is 32.5 Å². The van der Waals surface area contributed by atoms with E-state index in [9.17, 15) is 15.6 Å². The Balaban J connectivity index is 0. The highest BCUT2D eigenvalue weighted by Crippen LogP contribution is 1.95. The van der Waals surface area contributed by atoms with Crippen molar-refractivity contribution in [1.29, 1.82) is 0 Å². The first-order valence-corrected chi connectivity index (χ1v) is 3.09. The summed E-state index contributed by atoms with van der Waals surface area (Å²) in [6, 6.07) is 0. The maximum absolute atomic E-state index is 10.6. The first-order chi connectivity index (χ1) is 5.04. The minimum Gasteiger partial charge on any atom is -0.609 e. The quantitative estimate of drug-likeness (QED) is 0.354. The van der Waals surface area contributed by atoms with Crippen LogP contribution < -0.4 is 14.2 Å². The molecule has 76 valence electrons. The molecule has 0 spiro atoms. The molecule has 0 aliphatic carbocycles. The second-order valence-electron chi connectivity index (χ2n) is 1.60. The molecule has 0 bridgehead atoms. The van der Waals surface area contributed by atoms with Crippen molar-refractivity contribution in [1.82, 2.24) is 0 Å². The fraction of sp³-hybridized carbons (Fsp3) is 0. The van der Waals surface area contributed by atoms with Crippen LogP contribution in [0.25, 0.3) is 0 Å². The Kier molecular flexibility index (Phi) is 5.35. The van der Waals surface area contributed by atoms with Gasteiger partial charge in [0.15, 0.2) is 0 Å². The lowest BCUT2D eigenvalue weighted by Crippen LogP contribution is -2.55. The molecule has 1 aromatic rings. The number of halogens is 2. The molecule has 10 heteroatoms. The minimum atomic E-state index is -0.720. The van der Waals surface area contributed by atoms with Crippen LogP contribution >= 0.6 is 23.2 Å². The average molecular weight is 234 g/mol. The number of hydrogen-bond donors (Lipinski definition) is 0. The number of nitrogens with zero attached hydrogens (tertiary/aromatic N) is 3. The van der Waals surface area contributed by atoms with Crippen LogP contribution in [0.1, 0.15) is 0 Å². The molecule has 0 fully saturated rings. The van der Waals surface area contributed by atoms with Gasteiger partial charge >= 0.3 is 16.9 Å². The van der Waals surface area contributed by atoms with E-state index in [0.717, 1.165) is 0 Å². The second-order valence-corrected chi connectivity index (χ2v) is 2.28. The predicted octanol–water partition coefficient (Wildman–Crippen LogP) is -2.76. The highest BCUT2D eigenvalue weighted by atomic mass is 35.5. The van der Waals surface area contributed by atoms with Gasteiger partial charge in [0, 0.05) is 0 Å². The molecule has 13 heavy (non-hydrogen) atoms. The molecule has 0 aromatic carbocycles. The maximum Gasteiger partial charge on any atom is 0.554 e. The van der Waals surface area contributed by atoms with E-state index in [1.54, 1.807) is 0 Å². The molecule has 0 saturated carbocycles. The zero-order valence-electron chi connectivity index (χ0n) is 5.90. The molecule has 0 radical (unpaired) electrons. The van der Waals surface area contributed by atoms with E-state index in [-0.39, 0.29) is 25.1 Å². The van der Waals surface area contributed by atoms with Gasteiger partial charge in [0.05, 0.1) is 23.2 Å². The Bertz CT molecular complexity index is 281. The summed E-state index contributed by atoms with van der Waals surface area (Å²) in [6.45, 7) is 0. The summed E-state index contributed by atoms with van der Waals surface area (Å²) in [7, 11) is 0. The molecular formula is C3H5Cl2N3O5. The van der Waals surface area contributed by atoms with Gasteiger partial charge in [0.2, 0.25) is 0 Å². The van der Waals surface area contributed by atoms with Gasteiger partial charge in [-0.1, -0.05) is 0 Å². The minimum absolute atomic E-state index is 0. The van der Waals surface area contributed by atoms with Crippen LogP contribution in [0, 0.1) is 15.6 Å². The molecule has 8 nitrogen and oxygen atoms in total. The zero-order valence-corrected chi connectivity index (χ0v) is 7.41. The van der Waals surface area contributed by atoms with Gasteiger partial charge in [-0.05, 0) is 14.2 Å². The van der Waals surface area contributed by atoms with Crippen LogP contribution in [0.2, 0.25) is 10.6 Å². The van der Waals surface area contributed by atoms with Gasteiger partial charge in [0.25, 0.3) is 0 Å². The molecule has 4 N–H and O–H groups in total. The van der Waals surface area contributed by atoms with Crippen LogP contribution in [0.5, 0.6) is 0 Å². The Labute approximate surface area is 81.5 Å². The second kappa shape index (κ2) is 4.82. The molecule has 1 aromatic heterocycles. The largest absolute Gasteiger partial charge is 0.609 e. The first-order valence-electron chi connectivity index (χ1n) is 2.34. The maximum atomic E-state index is 10.6. The van der Waals surface area contributed by atoms with Gasteiger partial charge in [-0.3, -0.25) is 0 Å². The Morgan fingerprint density at radius 1 is 0.923 bits per heavy atom. The van der Waals surface area contributed by atoms with Gasteiger partial charge in [-0.25, -0.2) is 0 Å². The van der Waals surface area contributed by atoms with Crippen LogP contribution in [-0.4, -0.2) is 11.0 Å². The van der Waals surface area contributed by atoms with Crippen LogP contribution in [-0.2, 0) is 0 Å². The molecule has 0 aliphatic heterocycles. The number of aromatic nitrogens is 3. The standard InChI is InChI=1S/C3HCl2N3O3.2H2O/c4-2-6(9)1-7(10)3(5)8(2)11;;/h1H;2*1H2. The van der Waals surface area contributed by atoms with Gasteiger partial charge in [0.1, 0.15) is 0 Å². The monoisotopic (exact) mass is 233 g/mol. The number of rotatable bonds is 0. The number of hydrogen-bond acceptors (Lipinski definition) is 3. The zero-order chi connectivity index (χ0) is 8.59. The van der Waals surface area contributed by atoms with Crippen molar-refractivity contribution in [3.63, 3.8) is 0 Å². The smallest absolute Gasteiger partial charge is 0.554 e. The SMILES string of the molecule is O.O.[O-][n+]1c[n+]([O-])c(Cl)[n+]([O-])c1Cl. The summed E-state index contributed by atoms with van der Waals surface area (Å²) < 4.78 is -0.357. The van der Waals surface area contributed by atoms with Crippen molar-refractivity contribution in [2.45, 2.75) is 0 Å². The van der Waals surface area contributed by atoms with Gasteiger partial charge < -0.3 is 26.6 Å². The molecule has 1 rings (SSSR count). The Morgan fingerprint density at radius 3 is 1.54 bits per heavy atom.